The average Bonchev–Trinajstić information content (AvgIpc) is 3.39. The van der Waals surface area contributed by atoms with Crippen LogP contribution in [0.15, 0.2) is 63.9 Å². The SMILES string of the molecule is Cc1ccc([N+](=O)[O-])cc1-c1ccc(/C=C2\SC(=O)N(CC(=O)Nc3cccc(C(F)(F)F)c3)C2=O)o1. The molecular weight excluding hydrogens is 515 g/mol. The smallest absolute Gasteiger partial charge is 0.416 e. The van der Waals surface area contributed by atoms with Crippen molar-refractivity contribution in [2.24, 2.45) is 0 Å². The number of hydrogen-bond donors (Lipinski definition) is 1. The highest BCUT2D eigenvalue weighted by molar-refractivity contribution is 8.18. The monoisotopic (exact) mass is 531 g/mol. The first-order valence-corrected chi connectivity index (χ1v) is 11.3. The standard InChI is InChI=1S/C24H16F3N3O6S/c1-13-5-6-16(30(34)35)10-18(13)19-8-7-17(36-19)11-20-22(32)29(23(33)37-20)12-21(31)28-15-4-2-3-14(9-15)24(25,26)27/h2-11H,12H2,1H3,(H,28,31)/b20-11-. The average molecular weight is 531 g/mol. The van der Waals surface area contributed by atoms with Crippen LogP contribution in [0.4, 0.5) is 29.3 Å². The predicted octanol–water partition coefficient (Wildman–Crippen LogP) is 5.86. The number of halogens is 3. The van der Waals surface area contributed by atoms with Crippen molar-refractivity contribution in [1.82, 2.24) is 4.90 Å². The second-order valence-electron chi connectivity index (χ2n) is 7.85. The Morgan fingerprint density at radius 3 is 2.62 bits per heavy atom. The number of benzene rings is 2. The zero-order valence-electron chi connectivity index (χ0n) is 18.9. The minimum absolute atomic E-state index is 0.0338. The Morgan fingerprint density at radius 1 is 1.16 bits per heavy atom. The van der Waals surface area contributed by atoms with Crippen LogP contribution >= 0.6 is 11.8 Å². The van der Waals surface area contributed by atoms with E-state index in [0.29, 0.717) is 28.0 Å². The van der Waals surface area contributed by atoms with Gasteiger partial charge in [0.1, 0.15) is 18.1 Å². The van der Waals surface area contributed by atoms with Gasteiger partial charge >= 0.3 is 6.18 Å². The summed E-state index contributed by atoms with van der Waals surface area (Å²) in [5.41, 5.74) is -0.0192. The highest BCUT2D eigenvalue weighted by Crippen LogP contribution is 2.35. The topological polar surface area (TPSA) is 123 Å². The number of alkyl halides is 3. The molecule has 1 saturated heterocycles. The van der Waals surface area contributed by atoms with Crippen molar-refractivity contribution in [2.45, 2.75) is 13.1 Å². The summed E-state index contributed by atoms with van der Waals surface area (Å²) in [5.74, 6) is -1.13. The molecule has 1 fully saturated rings. The fourth-order valence-corrected chi connectivity index (χ4v) is 4.27. The molecule has 1 aromatic heterocycles. The van der Waals surface area contributed by atoms with Crippen LogP contribution in [0.25, 0.3) is 17.4 Å². The van der Waals surface area contributed by atoms with Gasteiger partial charge in [0.05, 0.1) is 15.4 Å². The lowest BCUT2D eigenvalue weighted by Crippen LogP contribution is -2.36. The fourth-order valence-electron chi connectivity index (χ4n) is 3.45. The molecule has 1 aliphatic rings. The Kier molecular flexibility index (Phi) is 6.90. The first kappa shape index (κ1) is 25.7. The van der Waals surface area contributed by atoms with Crippen LogP contribution in [-0.4, -0.2) is 33.4 Å². The summed E-state index contributed by atoms with van der Waals surface area (Å²) in [7, 11) is 0. The van der Waals surface area contributed by atoms with E-state index in [0.717, 1.165) is 23.8 Å². The van der Waals surface area contributed by atoms with Gasteiger partial charge in [0.25, 0.3) is 16.8 Å². The Bertz CT molecular complexity index is 1460. The number of nitro groups is 1. The van der Waals surface area contributed by atoms with E-state index in [1.54, 1.807) is 19.1 Å². The molecule has 1 N–H and O–H groups in total. The first-order valence-electron chi connectivity index (χ1n) is 10.5. The van der Waals surface area contributed by atoms with E-state index < -0.39 is 40.3 Å². The molecule has 2 aromatic carbocycles. The van der Waals surface area contributed by atoms with Gasteiger partial charge in [-0.15, -0.1) is 0 Å². The molecule has 9 nitrogen and oxygen atoms in total. The Hall–Kier alpha value is -4.39. The molecular formula is C24H16F3N3O6S. The van der Waals surface area contributed by atoms with Gasteiger partial charge in [0.15, 0.2) is 0 Å². The van der Waals surface area contributed by atoms with Crippen LogP contribution in [0, 0.1) is 17.0 Å². The molecule has 0 saturated carbocycles. The summed E-state index contributed by atoms with van der Waals surface area (Å²) in [6.07, 6.45) is -3.30. The highest BCUT2D eigenvalue weighted by atomic mass is 32.2. The van der Waals surface area contributed by atoms with Crippen LogP contribution in [-0.2, 0) is 15.8 Å². The van der Waals surface area contributed by atoms with Gasteiger partial charge in [-0.05, 0) is 54.6 Å². The number of hydrogen-bond acceptors (Lipinski definition) is 7. The number of nitro benzene ring substituents is 1. The molecule has 37 heavy (non-hydrogen) atoms. The van der Waals surface area contributed by atoms with E-state index in [1.807, 2.05) is 0 Å². The maximum absolute atomic E-state index is 12.9. The van der Waals surface area contributed by atoms with E-state index in [2.05, 4.69) is 5.32 Å². The molecule has 0 unspecified atom stereocenters. The normalized spacial score (nSPS) is 14.9. The molecule has 0 atom stereocenters. The maximum atomic E-state index is 12.9. The molecule has 1 aliphatic heterocycles. The number of carbonyl (C=O) groups is 3. The second-order valence-corrected chi connectivity index (χ2v) is 8.85. The number of furan rings is 1. The number of aryl methyl sites for hydroxylation is 1. The van der Waals surface area contributed by atoms with E-state index in [-0.39, 0.29) is 22.0 Å². The number of amides is 3. The van der Waals surface area contributed by atoms with E-state index in [4.69, 9.17) is 4.42 Å². The highest BCUT2D eigenvalue weighted by Gasteiger charge is 2.37. The third-order valence-electron chi connectivity index (χ3n) is 5.25. The molecule has 13 heteroatoms. The Morgan fingerprint density at radius 2 is 1.92 bits per heavy atom. The van der Waals surface area contributed by atoms with Crippen molar-refractivity contribution < 1.29 is 36.9 Å². The molecule has 4 rings (SSSR count). The Labute approximate surface area is 211 Å². The zero-order valence-corrected chi connectivity index (χ0v) is 19.7. The van der Waals surface area contributed by atoms with Gasteiger partial charge in [0, 0.05) is 29.5 Å². The number of carbonyl (C=O) groups excluding carboxylic acids is 3. The van der Waals surface area contributed by atoms with Crippen LogP contribution in [0.1, 0.15) is 16.9 Å². The van der Waals surface area contributed by atoms with Crippen molar-refractivity contribution in [3.8, 4) is 11.3 Å². The van der Waals surface area contributed by atoms with Crippen LogP contribution in [0.5, 0.6) is 0 Å². The number of anilines is 1. The fraction of sp³-hybridized carbons (Fsp3) is 0.125. The number of non-ortho nitro benzene ring substituents is 1. The predicted molar refractivity (Wildman–Crippen MR) is 128 cm³/mol. The zero-order chi connectivity index (χ0) is 26.9. The van der Waals surface area contributed by atoms with Crippen molar-refractivity contribution in [1.29, 1.82) is 0 Å². The Balaban J connectivity index is 1.47. The largest absolute Gasteiger partial charge is 0.457 e. The number of rotatable bonds is 6. The van der Waals surface area contributed by atoms with Gasteiger partial charge in [-0.2, -0.15) is 13.2 Å². The van der Waals surface area contributed by atoms with Crippen molar-refractivity contribution >= 4 is 46.3 Å². The van der Waals surface area contributed by atoms with Gasteiger partial charge < -0.3 is 9.73 Å². The van der Waals surface area contributed by atoms with Gasteiger partial charge in [-0.25, -0.2) is 0 Å². The maximum Gasteiger partial charge on any atom is 0.416 e. The lowest BCUT2D eigenvalue weighted by atomic mass is 10.1. The summed E-state index contributed by atoms with van der Waals surface area (Å²) in [4.78, 5) is 48.5. The number of thioether (sulfide) groups is 1. The quantitative estimate of drug-likeness (QED) is 0.240. The molecule has 2 heterocycles. The van der Waals surface area contributed by atoms with E-state index >= 15 is 0 Å². The molecule has 0 aliphatic carbocycles. The number of imide groups is 1. The van der Waals surface area contributed by atoms with E-state index in [9.17, 15) is 37.7 Å². The molecule has 3 aromatic rings. The lowest BCUT2D eigenvalue weighted by molar-refractivity contribution is -0.384. The van der Waals surface area contributed by atoms with Crippen LogP contribution < -0.4 is 5.32 Å². The summed E-state index contributed by atoms with van der Waals surface area (Å²) in [6.45, 7) is 1.05. The summed E-state index contributed by atoms with van der Waals surface area (Å²) < 4.78 is 44.3. The molecule has 0 spiro atoms. The van der Waals surface area contributed by atoms with Gasteiger partial charge in [0.2, 0.25) is 5.91 Å². The second kappa shape index (κ2) is 9.93. The van der Waals surface area contributed by atoms with Crippen molar-refractivity contribution in [3.63, 3.8) is 0 Å². The number of nitrogens with zero attached hydrogens (tertiary/aromatic N) is 2. The molecule has 0 bridgehead atoms. The lowest BCUT2D eigenvalue weighted by Gasteiger charge is -2.13. The molecule has 3 amide bonds. The summed E-state index contributed by atoms with van der Waals surface area (Å²) in [6, 6.07) is 11.3. The third kappa shape index (κ3) is 5.72. The van der Waals surface area contributed by atoms with Crippen molar-refractivity contribution in [3.05, 3.63) is 86.5 Å². The third-order valence-corrected chi connectivity index (χ3v) is 6.15. The van der Waals surface area contributed by atoms with Crippen molar-refractivity contribution in [2.75, 3.05) is 11.9 Å². The molecule has 0 radical (unpaired) electrons. The minimum atomic E-state index is -4.60. The van der Waals surface area contributed by atoms with E-state index in [1.165, 1.54) is 30.3 Å². The van der Waals surface area contributed by atoms with Crippen LogP contribution in [0.3, 0.4) is 0 Å². The summed E-state index contributed by atoms with van der Waals surface area (Å²) >= 11 is 0.566. The van der Waals surface area contributed by atoms with Gasteiger partial charge in [-0.1, -0.05) is 12.1 Å². The van der Waals surface area contributed by atoms with Gasteiger partial charge in [-0.3, -0.25) is 29.4 Å². The minimum Gasteiger partial charge on any atom is -0.457 e. The van der Waals surface area contributed by atoms with Crippen LogP contribution in [0.2, 0.25) is 0 Å². The summed E-state index contributed by atoms with van der Waals surface area (Å²) in [5, 5.41) is 12.6. The first-order chi connectivity index (χ1) is 17.4. The number of nitrogens with one attached hydrogen (secondary N) is 1. The molecule has 190 valence electrons.